The Morgan fingerprint density at radius 1 is 0.600 bits per heavy atom. The summed E-state index contributed by atoms with van der Waals surface area (Å²) < 4.78 is 53.5. The van der Waals surface area contributed by atoms with E-state index < -0.39 is 0 Å². The van der Waals surface area contributed by atoms with E-state index in [4.69, 9.17) is 42.0 Å². The Kier molecular flexibility index (Phi) is 12.1. The lowest BCUT2D eigenvalue weighted by Crippen LogP contribution is -2.34. The van der Waals surface area contributed by atoms with Gasteiger partial charge in [0.05, 0.1) is 40.9 Å². The standard InChI is InChI=1S/C38H42N2O6.C15H14O4/c1-39-15-13-25-20-32(42-4)34-22-28(25)29(39)17-23-7-10-27(11-8-23)45-33-19-24(9-12-31(33)41-3)18-30-36-26(14-16-40(30)2)21-35(43-5)37(44-6)38(36)46-34;1-8(2)14-15(17-3)10-6-9-4-5-13(16)18-11(9)7-12(10)19-14/h7-12,19-22,29-30H,13-18H2,1-6H3;4-8H,1-3H3. The first-order valence-corrected chi connectivity index (χ1v) is 22.1. The largest absolute Gasteiger partial charge is 0.493 e. The summed E-state index contributed by atoms with van der Waals surface area (Å²) in [7, 11) is 12.7. The SMILES string of the molecule is COc1c(C(C)C)oc2cc3oc(=O)ccc3cc12.COc1ccc2cc1Oc1ccc(cc1)CC1c3cc(c(OC)cc3CCN1C)Oc1c(OC)c(OC)cc3c1C(C2)N(C)CC3. The average molecular weight is 881 g/mol. The van der Waals surface area contributed by atoms with E-state index in [2.05, 4.69) is 66.4 Å². The summed E-state index contributed by atoms with van der Waals surface area (Å²) >= 11 is 0. The van der Waals surface area contributed by atoms with Gasteiger partial charge in [-0.2, -0.15) is 0 Å². The molecule has 0 saturated carbocycles. The Balaban J connectivity index is 0.000000233. The predicted octanol–water partition coefficient (Wildman–Crippen LogP) is 10.8. The number of hydrogen-bond donors (Lipinski definition) is 0. The van der Waals surface area contributed by atoms with Crippen LogP contribution in [0.3, 0.4) is 0 Å². The maximum atomic E-state index is 11.2. The summed E-state index contributed by atoms with van der Waals surface area (Å²) in [5, 5.41) is 1.74. The van der Waals surface area contributed by atoms with Crippen LogP contribution < -0.4 is 38.8 Å². The molecule has 0 radical (unpaired) electrons. The number of hydrogen-bond acceptors (Lipinski definition) is 12. The highest BCUT2D eigenvalue weighted by molar-refractivity contribution is 5.97. The highest BCUT2D eigenvalue weighted by Crippen LogP contribution is 2.52. The predicted molar refractivity (Wildman–Crippen MR) is 251 cm³/mol. The van der Waals surface area contributed by atoms with Crippen molar-refractivity contribution in [2.45, 2.75) is 57.5 Å². The number of furan rings is 1. The summed E-state index contributed by atoms with van der Waals surface area (Å²) in [4.78, 5) is 16.0. The number of fused-ring (bicyclic) bond motifs is 4. The number of rotatable bonds is 6. The highest BCUT2D eigenvalue weighted by atomic mass is 16.5. The maximum Gasteiger partial charge on any atom is 0.336 e. The van der Waals surface area contributed by atoms with Crippen molar-refractivity contribution in [3.05, 3.63) is 134 Å². The fraction of sp³-hybridized carbons (Fsp3) is 0.340. The van der Waals surface area contributed by atoms with E-state index in [9.17, 15) is 4.79 Å². The summed E-state index contributed by atoms with van der Waals surface area (Å²) in [6.45, 7) is 5.94. The number of methoxy groups -OCH3 is 5. The minimum atomic E-state index is -0.366. The lowest BCUT2D eigenvalue weighted by molar-refractivity contribution is 0.220. The first-order valence-electron chi connectivity index (χ1n) is 22.1. The number of benzene rings is 5. The molecule has 0 N–H and O–H groups in total. The van der Waals surface area contributed by atoms with E-state index in [-0.39, 0.29) is 23.6 Å². The van der Waals surface area contributed by atoms with Gasteiger partial charge in [0.15, 0.2) is 40.2 Å². The molecule has 5 aromatic carbocycles. The summed E-state index contributed by atoms with van der Waals surface area (Å²) in [6.07, 6.45) is 3.37. The Morgan fingerprint density at radius 3 is 1.97 bits per heavy atom. The van der Waals surface area contributed by atoms with Gasteiger partial charge in [-0.3, -0.25) is 9.80 Å². The van der Waals surface area contributed by atoms with E-state index >= 15 is 0 Å². The third-order valence-corrected chi connectivity index (χ3v) is 13.0. The molecular weight excluding hydrogens is 825 g/mol. The smallest absolute Gasteiger partial charge is 0.336 e. The lowest BCUT2D eigenvalue weighted by Gasteiger charge is -2.37. The molecule has 2 aromatic heterocycles. The van der Waals surface area contributed by atoms with Crippen molar-refractivity contribution >= 4 is 21.9 Å². The zero-order valence-electron chi connectivity index (χ0n) is 38.5. The van der Waals surface area contributed by atoms with Crippen molar-refractivity contribution < 1.29 is 42.0 Å². The minimum absolute atomic E-state index is 0.000437. The van der Waals surface area contributed by atoms with Crippen molar-refractivity contribution in [1.29, 1.82) is 0 Å². The molecule has 4 aliphatic rings. The van der Waals surface area contributed by atoms with Crippen molar-refractivity contribution in [2.75, 3.05) is 62.7 Å². The summed E-state index contributed by atoms with van der Waals surface area (Å²) in [5.41, 5.74) is 7.98. The van der Waals surface area contributed by atoms with Gasteiger partial charge in [0, 0.05) is 54.2 Å². The molecule has 6 bridgehead atoms. The fourth-order valence-electron chi connectivity index (χ4n) is 9.52. The van der Waals surface area contributed by atoms with Crippen LogP contribution in [0, 0.1) is 0 Å². The second kappa shape index (κ2) is 18.1. The minimum Gasteiger partial charge on any atom is -0.493 e. The number of likely N-dealkylation sites (N-methyl/N-ethyl adjacent to an activating group) is 2. The molecule has 338 valence electrons. The Bertz CT molecular complexity index is 2940. The maximum absolute atomic E-state index is 11.2. The van der Waals surface area contributed by atoms with E-state index in [0.717, 1.165) is 77.9 Å². The topological polar surface area (TPSA) is 114 Å². The van der Waals surface area contributed by atoms with Crippen LogP contribution in [0.25, 0.3) is 21.9 Å². The molecule has 7 aromatic rings. The highest BCUT2D eigenvalue weighted by Gasteiger charge is 2.35. The quantitative estimate of drug-likeness (QED) is 0.148. The van der Waals surface area contributed by atoms with E-state index in [1.54, 1.807) is 47.7 Å². The normalized spacial score (nSPS) is 17.0. The molecule has 2 unspecified atom stereocenters. The fourth-order valence-corrected chi connectivity index (χ4v) is 9.52. The van der Waals surface area contributed by atoms with Crippen molar-refractivity contribution in [3.8, 4) is 51.7 Å². The first kappa shape index (κ1) is 43.6. The molecular formula is C53H56N2O10. The van der Waals surface area contributed by atoms with Gasteiger partial charge in [-0.25, -0.2) is 4.79 Å². The first-order chi connectivity index (χ1) is 31.5. The van der Waals surface area contributed by atoms with Crippen LogP contribution in [0.15, 0.2) is 98.6 Å². The second-order valence-electron chi connectivity index (χ2n) is 17.2. The Morgan fingerprint density at radius 2 is 1.26 bits per heavy atom. The molecule has 6 heterocycles. The van der Waals surface area contributed by atoms with E-state index in [1.165, 1.54) is 28.3 Å². The van der Waals surface area contributed by atoms with Crippen LogP contribution in [0.1, 0.15) is 71.0 Å². The van der Waals surface area contributed by atoms with Gasteiger partial charge < -0.3 is 42.0 Å². The van der Waals surface area contributed by atoms with Gasteiger partial charge >= 0.3 is 5.63 Å². The third kappa shape index (κ3) is 8.32. The lowest BCUT2D eigenvalue weighted by atomic mass is 9.87. The van der Waals surface area contributed by atoms with Crippen LogP contribution in [-0.2, 0) is 25.7 Å². The van der Waals surface area contributed by atoms with Crippen LogP contribution in [0.4, 0.5) is 0 Å². The van der Waals surface area contributed by atoms with Gasteiger partial charge in [0.25, 0.3) is 0 Å². The average Bonchev–Trinajstić information content (AvgIpc) is 3.68. The summed E-state index contributed by atoms with van der Waals surface area (Å²) in [5.74, 6) is 7.18. The molecule has 0 spiro atoms. The second-order valence-corrected chi connectivity index (χ2v) is 17.2. The van der Waals surface area contributed by atoms with Crippen molar-refractivity contribution in [2.24, 2.45) is 0 Å². The van der Waals surface area contributed by atoms with Crippen molar-refractivity contribution in [1.82, 2.24) is 9.80 Å². The van der Waals surface area contributed by atoms with Gasteiger partial charge in [-0.05, 0) is 122 Å². The van der Waals surface area contributed by atoms with Gasteiger partial charge in [0.2, 0.25) is 5.75 Å². The number of nitrogens with zero attached hydrogens (tertiary/aromatic N) is 2. The summed E-state index contributed by atoms with van der Waals surface area (Å²) in [6, 6.07) is 28.0. The molecule has 11 rings (SSSR count). The van der Waals surface area contributed by atoms with Crippen molar-refractivity contribution in [3.63, 3.8) is 0 Å². The Labute approximate surface area is 379 Å². The molecule has 0 amide bonds. The molecule has 65 heavy (non-hydrogen) atoms. The molecule has 0 saturated heterocycles. The molecule has 0 aliphatic carbocycles. The molecule has 4 aliphatic heterocycles. The third-order valence-electron chi connectivity index (χ3n) is 13.0. The van der Waals surface area contributed by atoms with Crippen LogP contribution in [0.5, 0.6) is 51.7 Å². The van der Waals surface area contributed by atoms with Crippen LogP contribution >= 0.6 is 0 Å². The van der Waals surface area contributed by atoms with E-state index in [0.29, 0.717) is 51.4 Å². The molecule has 2 atom stereocenters. The number of ether oxygens (including phenoxy) is 7. The van der Waals surface area contributed by atoms with Gasteiger partial charge in [-0.1, -0.05) is 32.0 Å². The molecule has 0 fully saturated rings. The monoisotopic (exact) mass is 880 g/mol. The molecule has 12 nitrogen and oxygen atoms in total. The molecule has 12 heteroatoms. The van der Waals surface area contributed by atoms with Crippen LogP contribution in [0.2, 0.25) is 0 Å². The zero-order chi connectivity index (χ0) is 45.5. The van der Waals surface area contributed by atoms with E-state index in [1.807, 2.05) is 38.1 Å². The van der Waals surface area contributed by atoms with Gasteiger partial charge in [-0.15, -0.1) is 0 Å². The Hall–Kier alpha value is -6.63. The zero-order valence-corrected chi connectivity index (χ0v) is 38.5. The van der Waals surface area contributed by atoms with Gasteiger partial charge in [0.1, 0.15) is 22.7 Å². The van der Waals surface area contributed by atoms with Crippen LogP contribution in [-0.4, -0.2) is 72.5 Å².